The van der Waals surface area contributed by atoms with Gasteiger partial charge in [-0.25, -0.2) is 0 Å². The Morgan fingerprint density at radius 1 is 1.20 bits per heavy atom. The van der Waals surface area contributed by atoms with E-state index >= 15 is 0 Å². The van der Waals surface area contributed by atoms with Gasteiger partial charge in [0.25, 0.3) is 5.91 Å². The summed E-state index contributed by atoms with van der Waals surface area (Å²) in [6.45, 7) is 3.81. The van der Waals surface area contributed by atoms with E-state index in [4.69, 9.17) is 0 Å². The summed E-state index contributed by atoms with van der Waals surface area (Å²) in [5, 5.41) is 13.9. The summed E-state index contributed by atoms with van der Waals surface area (Å²) in [5.41, 5.74) is 2.89. The molecule has 3 heterocycles. The van der Waals surface area contributed by atoms with E-state index in [1.165, 1.54) is 0 Å². The van der Waals surface area contributed by atoms with Crippen LogP contribution in [-0.4, -0.2) is 37.6 Å². The average molecular weight is 337 g/mol. The summed E-state index contributed by atoms with van der Waals surface area (Å²) in [7, 11) is 0. The average Bonchev–Trinajstić information content (AvgIpc) is 3.48. The molecule has 1 saturated heterocycles. The number of nitrogens with one attached hydrogen (secondary N) is 3. The molecule has 0 unspecified atom stereocenters. The van der Waals surface area contributed by atoms with Crippen molar-refractivity contribution in [2.45, 2.75) is 44.2 Å². The molecular formula is C17H19N7O. The largest absolute Gasteiger partial charge is 0.351 e. The molecule has 0 spiro atoms. The number of aromatic nitrogens is 4. The monoisotopic (exact) mass is 337 g/mol. The van der Waals surface area contributed by atoms with Crippen LogP contribution in [0.15, 0.2) is 24.0 Å². The highest BCUT2D eigenvalue weighted by Crippen LogP contribution is 2.28. The zero-order chi connectivity index (χ0) is 17.0. The normalized spacial score (nSPS) is 21.8. The Kier molecular flexibility index (Phi) is 3.06. The fourth-order valence-electron chi connectivity index (χ4n) is 2.87. The van der Waals surface area contributed by atoms with E-state index in [0.29, 0.717) is 41.6 Å². The predicted molar refractivity (Wildman–Crippen MR) is 93.9 cm³/mol. The first-order valence-electron chi connectivity index (χ1n) is 8.64. The molecule has 1 aliphatic heterocycles. The number of allylic oxidation sites excluding steroid dienone is 1. The van der Waals surface area contributed by atoms with Crippen LogP contribution in [0.1, 0.15) is 37.7 Å². The van der Waals surface area contributed by atoms with Crippen molar-refractivity contribution < 1.29 is 4.79 Å². The van der Waals surface area contributed by atoms with Gasteiger partial charge in [-0.3, -0.25) is 4.79 Å². The molecule has 0 atom stereocenters. The summed E-state index contributed by atoms with van der Waals surface area (Å²) in [6.07, 6.45) is 8.70. The smallest absolute Gasteiger partial charge is 0.251 e. The van der Waals surface area contributed by atoms with Crippen LogP contribution in [0.3, 0.4) is 0 Å². The van der Waals surface area contributed by atoms with Gasteiger partial charge in [0.1, 0.15) is 0 Å². The molecular weight excluding hydrogens is 318 g/mol. The SMILES string of the molecule is C=C1C/C(=C\c2cnn3c(NC4CC4)nc(NC4CC4)nc23)C(=O)N1. The fraction of sp³-hybridized carbons (Fsp3) is 0.412. The van der Waals surface area contributed by atoms with Gasteiger partial charge < -0.3 is 16.0 Å². The molecule has 5 rings (SSSR count). The Balaban J connectivity index is 1.57. The van der Waals surface area contributed by atoms with Gasteiger partial charge in [-0.1, -0.05) is 6.58 Å². The maximum Gasteiger partial charge on any atom is 0.251 e. The number of amides is 1. The third kappa shape index (κ3) is 2.84. The van der Waals surface area contributed by atoms with Crippen molar-refractivity contribution >= 4 is 29.5 Å². The third-order valence-corrected chi connectivity index (χ3v) is 4.53. The van der Waals surface area contributed by atoms with Crippen LogP contribution in [0, 0.1) is 0 Å². The molecule has 2 aliphatic carbocycles. The molecule has 3 aliphatic rings. The van der Waals surface area contributed by atoms with Crippen molar-refractivity contribution in [3.8, 4) is 0 Å². The molecule has 0 bridgehead atoms. The summed E-state index contributed by atoms with van der Waals surface area (Å²) < 4.78 is 1.71. The topological polar surface area (TPSA) is 96.2 Å². The van der Waals surface area contributed by atoms with Gasteiger partial charge in [0.2, 0.25) is 11.9 Å². The summed E-state index contributed by atoms with van der Waals surface area (Å²) in [5.74, 6) is 1.20. The van der Waals surface area contributed by atoms with Crippen molar-refractivity contribution in [1.29, 1.82) is 0 Å². The van der Waals surface area contributed by atoms with Crippen molar-refractivity contribution in [2.24, 2.45) is 0 Å². The van der Waals surface area contributed by atoms with Gasteiger partial charge in [0.05, 0.1) is 6.20 Å². The molecule has 0 radical (unpaired) electrons. The lowest BCUT2D eigenvalue weighted by atomic mass is 10.1. The maximum absolute atomic E-state index is 12.0. The number of carbonyl (C=O) groups is 1. The van der Waals surface area contributed by atoms with Gasteiger partial charge in [-0.05, 0) is 31.8 Å². The molecule has 1 amide bonds. The molecule has 2 saturated carbocycles. The first-order chi connectivity index (χ1) is 12.2. The molecule has 8 heteroatoms. The number of hydrogen-bond acceptors (Lipinski definition) is 6. The molecule has 0 aromatic carbocycles. The minimum absolute atomic E-state index is 0.105. The molecule has 2 aromatic heterocycles. The summed E-state index contributed by atoms with van der Waals surface area (Å²) in [6, 6.07) is 0.923. The van der Waals surface area contributed by atoms with Crippen molar-refractivity contribution in [3.05, 3.63) is 29.6 Å². The fourth-order valence-corrected chi connectivity index (χ4v) is 2.87. The molecule has 25 heavy (non-hydrogen) atoms. The lowest BCUT2D eigenvalue weighted by Crippen LogP contribution is -2.14. The first-order valence-corrected chi connectivity index (χ1v) is 8.64. The molecule has 128 valence electrons. The second kappa shape index (κ2) is 5.30. The summed E-state index contributed by atoms with van der Waals surface area (Å²) >= 11 is 0. The Morgan fingerprint density at radius 3 is 2.64 bits per heavy atom. The van der Waals surface area contributed by atoms with Crippen LogP contribution in [0.5, 0.6) is 0 Å². The second-order valence-corrected chi connectivity index (χ2v) is 6.95. The quantitative estimate of drug-likeness (QED) is 0.719. The Labute approximate surface area is 144 Å². The van der Waals surface area contributed by atoms with E-state index in [1.54, 1.807) is 10.7 Å². The van der Waals surface area contributed by atoms with Crippen LogP contribution < -0.4 is 16.0 Å². The van der Waals surface area contributed by atoms with Crippen LogP contribution in [0.25, 0.3) is 11.7 Å². The van der Waals surface area contributed by atoms with Gasteiger partial charge in [-0.15, -0.1) is 0 Å². The van der Waals surface area contributed by atoms with Crippen LogP contribution in [-0.2, 0) is 4.79 Å². The lowest BCUT2D eigenvalue weighted by molar-refractivity contribution is -0.115. The number of hydrogen-bond donors (Lipinski definition) is 3. The zero-order valence-electron chi connectivity index (χ0n) is 13.7. The van der Waals surface area contributed by atoms with Gasteiger partial charge >= 0.3 is 0 Å². The molecule has 2 aromatic rings. The van der Waals surface area contributed by atoms with E-state index in [9.17, 15) is 4.79 Å². The zero-order valence-corrected chi connectivity index (χ0v) is 13.7. The van der Waals surface area contributed by atoms with Crippen LogP contribution >= 0.6 is 0 Å². The minimum atomic E-state index is -0.105. The van der Waals surface area contributed by atoms with E-state index in [0.717, 1.165) is 36.9 Å². The maximum atomic E-state index is 12.0. The van der Waals surface area contributed by atoms with Gasteiger partial charge in [0.15, 0.2) is 5.65 Å². The highest BCUT2D eigenvalue weighted by Gasteiger charge is 2.26. The number of rotatable bonds is 5. The van der Waals surface area contributed by atoms with E-state index in [2.05, 4.69) is 37.6 Å². The van der Waals surface area contributed by atoms with E-state index < -0.39 is 0 Å². The summed E-state index contributed by atoms with van der Waals surface area (Å²) in [4.78, 5) is 21.2. The Morgan fingerprint density at radius 2 is 1.96 bits per heavy atom. The number of nitrogens with zero attached hydrogens (tertiary/aromatic N) is 4. The highest BCUT2D eigenvalue weighted by atomic mass is 16.2. The lowest BCUT2D eigenvalue weighted by Gasteiger charge is -2.09. The standard InChI is InChI=1S/C17H19N7O/c1-9-6-10(15(25)19-9)7-11-8-18-24-14(11)22-16(20-12-2-3-12)23-17(24)21-13-4-5-13/h7-8,12-13H,1-6H2,(H,19,25)(H2,20,21,22,23)/b10-7+. The van der Waals surface area contributed by atoms with Crippen molar-refractivity contribution in [2.75, 3.05) is 10.6 Å². The predicted octanol–water partition coefficient (Wildman–Crippen LogP) is 1.69. The molecule has 3 N–H and O–H groups in total. The minimum Gasteiger partial charge on any atom is -0.351 e. The first kappa shape index (κ1) is 14.4. The van der Waals surface area contributed by atoms with Gasteiger partial charge in [0, 0.05) is 35.3 Å². The van der Waals surface area contributed by atoms with Crippen molar-refractivity contribution in [1.82, 2.24) is 24.9 Å². The van der Waals surface area contributed by atoms with E-state index in [-0.39, 0.29) is 5.91 Å². The Hall–Kier alpha value is -2.90. The van der Waals surface area contributed by atoms with E-state index in [1.807, 2.05) is 6.08 Å². The van der Waals surface area contributed by atoms with Crippen LogP contribution in [0.2, 0.25) is 0 Å². The number of anilines is 2. The number of fused-ring (bicyclic) bond motifs is 1. The molecule has 8 nitrogen and oxygen atoms in total. The number of carbonyl (C=O) groups excluding carboxylic acids is 1. The second-order valence-electron chi connectivity index (χ2n) is 6.95. The highest BCUT2D eigenvalue weighted by molar-refractivity contribution is 6.02. The van der Waals surface area contributed by atoms with Crippen molar-refractivity contribution in [3.63, 3.8) is 0 Å². The third-order valence-electron chi connectivity index (χ3n) is 4.53. The Bertz CT molecular complexity index is 920. The van der Waals surface area contributed by atoms with Crippen LogP contribution in [0.4, 0.5) is 11.9 Å². The van der Waals surface area contributed by atoms with Gasteiger partial charge in [-0.2, -0.15) is 19.6 Å². The molecule has 3 fully saturated rings.